The second-order valence-corrected chi connectivity index (χ2v) is 6.08. The van der Waals surface area contributed by atoms with E-state index in [9.17, 15) is 4.79 Å². The molecule has 0 atom stereocenters. The molecule has 0 radical (unpaired) electrons. The zero-order valence-electron chi connectivity index (χ0n) is 10.4. The van der Waals surface area contributed by atoms with Gasteiger partial charge in [0.2, 0.25) is 0 Å². The van der Waals surface area contributed by atoms with Gasteiger partial charge in [-0.15, -0.1) is 0 Å². The number of nitrogen functional groups attached to an aromatic ring is 1. The summed E-state index contributed by atoms with van der Waals surface area (Å²) in [5, 5.41) is 1.19. The number of hydrogen-bond donors (Lipinski definition) is 1. The van der Waals surface area contributed by atoms with Gasteiger partial charge >= 0.3 is 0 Å². The molecule has 0 bridgehead atoms. The van der Waals surface area contributed by atoms with Gasteiger partial charge in [-0.25, -0.2) is 0 Å². The molecule has 98 valence electrons. The van der Waals surface area contributed by atoms with Crippen molar-refractivity contribution in [2.45, 2.75) is 18.1 Å². The van der Waals surface area contributed by atoms with Crippen molar-refractivity contribution in [2.75, 3.05) is 25.1 Å². The monoisotopic (exact) mass is 284 g/mol. The molecule has 2 N–H and O–H groups in total. The molecule has 1 fully saturated rings. The van der Waals surface area contributed by atoms with E-state index in [0.717, 1.165) is 25.9 Å². The van der Waals surface area contributed by atoms with Gasteiger partial charge < -0.3 is 10.6 Å². The smallest absolute Gasteiger partial charge is 0.253 e. The summed E-state index contributed by atoms with van der Waals surface area (Å²) in [6.07, 6.45) is 4.24. The van der Waals surface area contributed by atoms with Crippen LogP contribution in [-0.4, -0.2) is 35.4 Å². The number of piperidine rings is 1. The Labute approximate surface area is 117 Å². The molecule has 1 saturated heterocycles. The van der Waals surface area contributed by atoms with Crippen LogP contribution in [0.1, 0.15) is 23.2 Å². The Morgan fingerprint density at radius 1 is 1.39 bits per heavy atom. The molecule has 1 aromatic rings. The average molecular weight is 285 g/mol. The van der Waals surface area contributed by atoms with E-state index >= 15 is 0 Å². The first-order valence-corrected chi connectivity index (χ1v) is 7.65. The lowest BCUT2D eigenvalue weighted by molar-refractivity contribution is 0.0727. The minimum absolute atomic E-state index is 0.0313. The molecule has 1 aliphatic heterocycles. The lowest BCUT2D eigenvalue weighted by Crippen LogP contribution is -2.39. The summed E-state index contributed by atoms with van der Waals surface area (Å²) >= 11 is 7.81. The number of hydrogen-bond acceptors (Lipinski definition) is 3. The van der Waals surface area contributed by atoms with E-state index in [1.807, 2.05) is 16.7 Å². The summed E-state index contributed by atoms with van der Waals surface area (Å²) in [6.45, 7) is 1.63. The van der Waals surface area contributed by atoms with Crippen molar-refractivity contribution in [1.29, 1.82) is 0 Å². The Kier molecular flexibility index (Phi) is 4.40. The van der Waals surface area contributed by atoms with E-state index in [4.69, 9.17) is 17.3 Å². The number of nitrogens with zero attached hydrogens (tertiary/aromatic N) is 1. The number of carbonyl (C=O) groups is 1. The van der Waals surface area contributed by atoms with Crippen molar-refractivity contribution in [3.8, 4) is 0 Å². The molecular weight excluding hydrogens is 268 g/mol. The molecule has 1 amide bonds. The van der Waals surface area contributed by atoms with E-state index in [1.54, 1.807) is 18.2 Å². The molecule has 1 aliphatic rings. The molecule has 0 aliphatic carbocycles. The predicted octanol–water partition coefficient (Wildman–Crippen LogP) is 2.89. The number of benzene rings is 1. The first-order chi connectivity index (χ1) is 8.60. The van der Waals surface area contributed by atoms with E-state index in [1.165, 1.54) is 0 Å². The van der Waals surface area contributed by atoms with E-state index in [0.29, 0.717) is 21.5 Å². The number of halogens is 1. The Morgan fingerprint density at radius 2 is 2.06 bits per heavy atom. The fraction of sp³-hybridized carbons (Fsp3) is 0.462. The zero-order valence-corrected chi connectivity index (χ0v) is 11.9. The topological polar surface area (TPSA) is 46.3 Å². The van der Waals surface area contributed by atoms with Gasteiger partial charge in [0.15, 0.2) is 0 Å². The lowest BCUT2D eigenvalue weighted by Gasteiger charge is -2.31. The van der Waals surface area contributed by atoms with Crippen LogP contribution in [0.3, 0.4) is 0 Å². The van der Waals surface area contributed by atoms with Crippen LogP contribution in [-0.2, 0) is 0 Å². The highest BCUT2D eigenvalue weighted by molar-refractivity contribution is 7.99. The summed E-state index contributed by atoms with van der Waals surface area (Å²) in [5.41, 5.74) is 6.83. The average Bonchev–Trinajstić information content (AvgIpc) is 2.37. The normalized spacial score (nSPS) is 16.9. The molecule has 0 unspecified atom stereocenters. The summed E-state index contributed by atoms with van der Waals surface area (Å²) < 4.78 is 0. The molecule has 0 aromatic heterocycles. The molecule has 2 rings (SSSR count). The van der Waals surface area contributed by atoms with Gasteiger partial charge in [0.05, 0.1) is 0 Å². The quantitative estimate of drug-likeness (QED) is 0.850. The molecule has 1 heterocycles. The van der Waals surface area contributed by atoms with Crippen molar-refractivity contribution in [1.82, 2.24) is 4.90 Å². The van der Waals surface area contributed by atoms with Crippen molar-refractivity contribution < 1.29 is 4.79 Å². The van der Waals surface area contributed by atoms with Gasteiger partial charge in [-0.2, -0.15) is 11.8 Å². The van der Waals surface area contributed by atoms with Crippen LogP contribution < -0.4 is 5.73 Å². The van der Waals surface area contributed by atoms with Crippen LogP contribution >= 0.6 is 23.4 Å². The third-order valence-corrected chi connectivity index (χ3v) is 4.59. The molecule has 0 spiro atoms. The van der Waals surface area contributed by atoms with Crippen LogP contribution in [0, 0.1) is 0 Å². The molecule has 18 heavy (non-hydrogen) atoms. The van der Waals surface area contributed by atoms with Gasteiger partial charge in [0.25, 0.3) is 5.91 Å². The Morgan fingerprint density at radius 3 is 2.61 bits per heavy atom. The van der Waals surface area contributed by atoms with E-state index < -0.39 is 0 Å². The fourth-order valence-electron chi connectivity index (χ4n) is 2.21. The van der Waals surface area contributed by atoms with Crippen LogP contribution in [0.2, 0.25) is 5.02 Å². The van der Waals surface area contributed by atoms with Crippen molar-refractivity contribution >= 4 is 35.0 Å². The first kappa shape index (κ1) is 13.6. The van der Waals surface area contributed by atoms with Crippen molar-refractivity contribution in [2.24, 2.45) is 0 Å². The Hall–Kier alpha value is -0.870. The zero-order chi connectivity index (χ0) is 13.1. The van der Waals surface area contributed by atoms with Crippen LogP contribution in [0.25, 0.3) is 0 Å². The number of likely N-dealkylation sites (tertiary alicyclic amines) is 1. The number of anilines is 1. The minimum atomic E-state index is 0.0313. The Balaban J connectivity index is 2.07. The maximum atomic E-state index is 12.3. The summed E-state index contributed by atoms with van der Waals surface area (Å²) in [5.74, 6) is 0.0313. The second-order valence-electron chi connectivity index (χ2n) is 4.50. The van der Waals surface area contributed by atoms with Crippen LogP contribution in [0.15, 0.2) is 18.2 Å². The molecular formula is C13H17ClN2OS. The van der Waals surface area contributed by atoms with Gasteiger partial charge in [0.1, 0.15) is 0 Å². The Bertz CT molecular complexity index is 424. The molecule has 5 heteroatoms. The van der Waals surface area contributed by atoms with Gasteiger partial charge in [-0.05, 0) is 37.3 Å². The number of carbonyl (C=O) groups excluding carboxylic acids is 1. The summed E-state index contributed by atoms with van der Waals surface area (Å²) in [7, 11) is 0. The second kappa shape index (κ2) is 5.85. The number of nitrogens with two attached hydrogens (primary N) is 1. The maximum Gasteiger partial charge on any atom is 0.253 e. The minimum Gasteiger partial charge on any atom is -0.399 e. The maximum absolute atomic E-state index is 12.3. The molecule has 1 aromatic carbocycles. The highest BCUT2D eigenvalue weighted by Crippen LogP contribution is 2.23. The summed E-state index contributed by atoms with van der Waals surface area (Å²) in [6, 6.07) is 5.02. The van der Waals surface area contributed by atoms with Crippen molar-refractivity contribution in [3.63, 3.8) is 0 Å². The van der Waals surface area contributed by atoms with Crippen LogP contribution in [0.5, 0.6) is 0 Å². The fourth-order valence-corrected chi connectivity index (χ4v) is 3.14. The summed E-state index contributed by atoms with van der Waals surface area (Å²) in [4.78, 5) is 14.2. The standard InChI is InChI=1S/C13H17ClN2OS/c1-18-12-2-4-16(5-3-12)13(17)9-6-10(14)8-11(15)7-9/h6-8,12H,2-5,15H2,1H3. The van der Waals surface area contributed by atoms with E-state index in [-0.39, 0.29) is 5.91 Å². The lowest BCUT2D eigenvalue weighted by atomic mass is 10.1. The van der Waals surface area contributed by atoms with Gasteiger partial charge in [-0.1, -0.05) is 11.6 Å². The third-order valence-electron chi connectivity index (χ3n) is 3.23. The predicted molar refractivity (Wildman–Crippen MR) is 78.3 cm³/mol. The number of amides is 1. The highest BCUT2D eigenvalue weighted by Gasteiger charge is 2.23. The van der Waals surface area contributed by atoms with Crippen LogP contribution in [0.4, 0.5) is 5.69 Å². The van der Waals surface area contributed by atoms with Gasteiger partial charge in [0, 0.05) is 34.6 Å². The number of thioether (sulfide) groups is 1. The molecule has 0 saturated carbocycles. The largest absolute Gasteiger partial charge is 0.399 e. The van der Waals surface area contributed by atoms with Gasteiger partial charge in [-0.3, -0.25) is 4.79 Å². The molecule has 3 nitrogen and oxygen atoms in total. The third kappa shape index (κ3) is 3.12. The number of rotatable bonds is 2. The van der Waals surface area contributed by atoms with E-state index in [2.05, 4.69) is 6.26 Å². The van der Waals surface area contributed by atoms with Crippen molar-refractivity contribution in [3.05, 3.63) is 28.8 Å². The SMILES string of the molecule is CSC1CCN(C(=O)c2cc(N)cc(Cl)c2)CC1. The first-order valence-electron chi connectivity index (χ1n) is 5.98. The highest BCUT2D eigenvalue weighted by atomic mass is 35.5.